The minimum absolute atomic E-state index is 0.0193. The van der Waals surface area contributed by atoms with Gasteiger partial charge >= 0.3 is 6.18 Å². The van der Waals surface area contributed by atoms with Crippen LogP contribution in [0.2, 0.25) is 0 Å². The van der Waals surface area contributed by atoms with E-state index in [0.29, 0.717) is 55.9 Å². The van der Waals surface area contributed by atoms with Crippen molar-refractivity contribution in [3.63, 3.8) is 0 Å². The lowest BCUT2D eigenvalue weighted by Gasteiger charge is -2.34. The third kappa shape index (κ3) is 7.06. The van der Waals surface area contributed by atoms with Crippen LogP contribution in [-0.2, 0) is 21.4 Å². The van der Waals surface area contributed by atoms with Gasteiger partial charge in [-0.2, -0.15) is 13.2 Å². The number of nitrogens with one attached hydrogen (secondary N) is 2. The molecular weight excluding hydrogens is 569 g/mol. The van der Waals surface area contributed by atoms with Crippen LogP contribution in [0.3, 0.4) is 0 Å². The van der Waals surface area contributed by atoms with E-state index >= 15 is 0 Å². The maximum absolute atomic E-state index is 13.1. The number of carbonyl (C=O) groups excluding carboxylic acids is 2. The van der Waals surface area contributed by atoms with Crippen LogP contribution in [0.15, 0.2) is 36.7 Å². The number of rotatable bonds is 9. The molecule has 1 aliphatic heterocycles. The minimum Gasteiger partial charge on any atom is -0.383 e. The number of aryl methyl sites for hydroxylation is 1. The zero-order valence-electron chi connectivity index (χ0n) is 23.2. The molecule has 224 valence electrons. The predicted molar refractivity (Wildman–Crippen MR) is 152 cm³/mol. The molecule has 13 heteroatoms. The molecule has 0 bridgehead atoms. The zero-order valence-corrected chi connectivity index (χ0v) is 24.0. The third-order valence-electron chi connectivity index (χ3n) is 7.73. The van der Waals surface area contributed by atoms with E-state index in [1.807, 2.05) is 17.9 Å². The summed E-state index contributed by atoms with van der Waals surface area (Å²) in [7, 11) is 0. The second-order valence-corrected chi connectivity index (χ2v) is 12.0. The number of amides is 2. The van der Waals surface area contributed by atoms with Crippen LogP contribution in [-0.4, -0.2) is 56.4 Å². The first-order chi connectivity index (χ1) is 20.0. The standard InChI is InChI=1S/C29H33F3N6O3S/c1-18-14-20(16-21(15-18)36-27-34-11-7-23(37-27)29(30,31)32)22-17-35-26(42-22)28(41)8-5-19(6-9-28)25(40)33-10-3-13-38-12-2-4-24(38)39/h7,11,14-17,19,41H,2-6,8-10,12-13H2,1H3,(H,33,40)(H,34,36,37)/t19-,28-. The second kappa shape index (κ2) is 12.3. The van der Waals surface area contributed by atoms with Gasteiger partial charge in [-0.15, -0.1) is 11.3 Å². The fraction of sp³-hybridized carbons (Fsp3) is 0.483. The van der Waals surface area contributed by atoms with Crippen molar-refractivity contribution in [2.45, 2.75) is 63.6 Å². The molecule has 3 aromatic rings. The van der Waals surface area contributed by atoms with E-state index in [9.17, 15) is 27.9 Å². The summed E-state index contributed by atoms with van der Waals surface area (Å²) in [5, 5.41) is 17.8. The molecule has 0 spiro atoms. The molecule has 5 rings (SSSR count). The van der Waals surface area contributed by atoms with Crippen molar-refractivity contribution in [2.24, 2.45) is 5.92 Å². The molecule has 0 atom stereocenters. The first kappa shape index (κ1) is 29.9. The number of alkyl halides is 3. The van der Waals surface area contributed by atoms with Crippen LogP contribution >= 0.6 is 11.3 Å². The molecule has 1 saturated heterocycles. The van der Waals surface area contributed by atoms with Crippen LogP contribution < -0.4 is 10.6 Å². The molecule has 2 aliphatic rings. The molecule has 3 heterocycles. The van der Waals surface area contributed by atoms with Crippen LogP contribution in [0, 0.1) is 12.8 Å². The Kier molecular flexibility index (Phi) is 8.78. The number of hydrogen-bond acceptors (Lipinski definition) is 8. The van der Waals surface area contributed by atoms with Crippen LogP contribution in [0.1, 0.15) is 61.2 Å². The van der Waals surface area contributed by atoms with E-state index < -0.39 is 17.5 Å². The predicted octanol–water partition coefficient (Wildman–Crippen LogP) is 5.18. The van der Waals surface area contributed by atoms with Crippen molar-refractivity contribution in [1.82, 2.24) is 25.2 Å². The van der Waals surface area contributed by atoms with Gasteiger partial charge in [0.2, 0.25) is 17.8 Å². The number of nitrogens with zero attached hydrogens (tertiary/aromatic N) is 4. The van der Waals surface area contributed by atoms with Crippen molar-refractivity contribution >= 4 is 34.8 Å². The lowest BCUT2D eigenvalue weighted by atomic mass is 9.78. The Morgan fingerprint density at radius 3 is 2.71 bits per heavy atom. The number of aliphatic hydroxyl groups is 1. The summed E-state index contributed by atoms with van der Waals surface area (Å²) < 4.78 is 39.2. The average molecular weight is 603 g/mol. The maximum Gasteiger partial charge on any atom is 0.433 e. The molecule has 9 nitrogen and oxygen atoms in total. The highest BCUT2D eigenvalue weighted by Crippen LogP contribution is 2.43. The van der Waals surface area contributed by atoms with Crippen molar-refractivity contribution in [3.05, 3.63) is 52.9 Å². The number of halogens is 3. The summed E-state index contributed by atoms with van der Waals surface area (Å²) in [6.07, 6.45) is 2.30. The Morgan fingerprint density at radius 1 is 1.21 bits per heavy atom. The normalized spacial score (nSPS) is 21.0. The molecule has 1 saturated carbocycles. The number of carbonyl (C=O) groups is 2. The van der Waals surface area contributed by atoms with Gasteiger partial charge in [0.15, 0.2) is 0 Å². The lowest BCUT2D eigenvalue weighted by Crippen LogP contribution is -2.39. The van der Waals surface area contributed by atoms with Gasteiger partial charge in [-0.25, -0.2) is 15.0 Å². The summed E-state index contributed by atoms with van der Waals surface area (Å²) in [6.45, 7) is 3.85. The smallest absolute Gasteiger partial charge is 0.383 e. The molecule has 2 aromatic heterocycles. The highest BCUT2D eigenvalue weighted by Gasteiger charge is 2.39. The topological polar surface area (TPSA) is 120 Å². The van der Waals surface area contributed by atoms with Crippen molar-refractivity contribution in [1.29, 1.82) is 0 Å². The Bertz CT molecular complexity index is 1440. The highest BCUT2D eigenvalue weighted by molar-refractivity contribution is 7.15. The van der Waals surface area contributed by atoms with Gasteiger partial charge in [-0.05, 0) is 74.8 Å². The number of aromatic nitrogens is 3. The number of benzene rings is 1. The Hall–Kier alpha value is -3.58. The first-order valence-corrected chi connectivity index (χ1v) is 14.9. The summed E-state index contributed by atoms with van der Waals surface area (Å²) in [5.74, 6) is -0.179. The Balaban J connectivity index is 1.18. The molecule has 1 aromatic carbocycles. The molecule has 2 fully saturated rings. The van der Waals surface area contributed by atoms with Crippen molar-refractivity contribution < 1.29 is 27.9 Å². The number of hydrogen-bond donors (Lipinski definition) is 3. The summed E-state index contributed by atoms with van der Waals surface area (Å²) in [6, 6.07) is 6.30. The first-order valence-electron chi connectivity index (χ1n) is 14.0. The van der Waals surface area contributed by atoms with E-state index in [2.05, 4.69) is 25.6 Å². The molecule has 0 radical (unpaired) electrons. The molecule has 3 N–H and O–H groups in total. The molecule has 0 unspecified atom stereocenters. The SMILES string of the molecule is Cc1cc(Nc2nccc(C(F)(F)F)n2)cc(-c2cnc([C@]3(O)CC[C@H](C(=O)NCCCN4CCCC4=O)CC3)s2)c1. The minimum atomic E-state index is -4.57. The van der Waals surface area contributed by atoms with Gasteiger partial charge < -0.3 is 20.6 Å². The Labute approximate surface area is 245 Å². The van der Waals surface area contributed by atoms with Gasteiger partial charge in [-0.3, -0.25) is 9.59 Å². The van der Waals surface area contributed by atoms with Gasteiger partial charge in [0.25, 0.3) is 0 Å². The molecule has 1 aliphatic carbocycles. The lowest BCUT2D eigenvalue weighted by molar-refractivity contribution is -0.141. The van der Waals surface area contributed by atoms with Gasteiger partial charge in [0.05, 0.1) is 4.88 Å². The van der Waals surface area contributed by atoms with Crippen LogP contribution in [0.4, 0.5) is 24.8 Å². The molecule has 42 heavy (non-hydrogen) atoms. The highest BCUT2D eigenvalue weighted by atomic mass is 32.1. The number of likely N-dealkylation sites (tertiary alicyclic amines) is 1. The zero-order chi connectivity index (χ0) is 29.9. The van der Waals surface area contributed by atoms with Crippen LogP contribution in [0.5, 0.6) is 0 Å². The molecule has 2 amide bonds. The van der Waals surface area contributed by atoms with E-state index in [1.54, 1.807) is 18.3 Å². The van der Waals surface area contributed by atoms with E-state index in [0.717, 1.165) is 47.7 Å². The maximum atomic E-state index is 13.1. The fourth-order valence-corrected chi connectivity index (χ4v) is 6.51. The van der Waals surface area contributed by atoms with Gasteiger partial charge in [-0.1, -0.05) is 6.07 Å². The van der Waals surface area contributed by atoms with Crippen molar-refractivity contribution in [2.75, 3.05) is 25.0 Å². The Morgan fingerprint density at radius 2 is 2.00 bits per heavy atom. The number of anilines is 2. The molecular formula is C29H33F3N6O3S. The summed E-state index contributed by atoms with van der Waals surface area (Å²) in [4.78, 5) is 39.0. The van der Waals surface area contributed by atoms with Crippen LogP contribution in [0.25, 0.3) is 10.4 Å². The summed E-state index contributed by atoms with van der Waals surface area (Å²) >= 11 is 1.36. The quantitative estimate of drug-likeness (QED) is 0.289. The van der Waals surface area contributed by atoms with E-state index in [1.165, 1.54) is 11.3 Å². The van der Waals surface area contributed by atoms with E-state index in [-0.39, 0.29) is 23.7 Å². The fourth-order valence-electron chi connectivity index (χ4n) is 5.46. The van der Waals surface area contributed by atoms with Gasteiger partial charge in [0, 0.05) is 50.1 Å². The van der Waals surface area contributed by atoms with Gasteiger partial charge in [0.1, 0.15) is 16.3 Å². The monoisotopic (exact) mass is 602 g/mol. The summed E-state index contributed by atoms with van der Waals surface area (Å²) in [5.41, 5.74) is 0.0222. The third-order valence-corrected chi connectivity index (χ3v) is 8.97. The number of thiazole rings is 1. The van der Waals surface area contributed by atoms with E-state index in [4.69, 9.17) is 0 Å². The average Bonchev–Trinajstić information content (AvgIpc) is 3.61. The second-order valence-electron chi connectivity index (χ2n) is 10.9. The largest absolute Gasteiger partial charge is 0.433 e. The van der Waals surface area contributed by atoms with Crippen molar-refractivity contribution in [3.8, 4) is 10.4 Å².